The summed E-state index contributed by atoms with van der Waals surface area (Å²) in [5.74, 6) is -2.61. The molecule has 11 nitrogen and oxygen atoms in total. The van der Waals surface area contributed by atoms with Gasteiger partial charge < -0.3 is 19.9 Å². The molecule has 3 aromatic carbocycles. The van der Waals surface area contributed by atoms with Crippen molar-refractivity contribution in [3.8, 4) is 17.6 Å². The van der Waals surface area contributed by atoms with Crippen molar-refractivity contribution in [1.82, 2.24) is 0 Å². The Morgan fingerprint density at radius 3 is 2.36 bits per heavy atom. The first kappa shape index (κ1) is 27.9. The lowest BCUT2D eigenvalue weighted by Crippen LogP contribution is -2.40. The molecule has 212 valence electrons. The van der Waals surface area contributed by atoms with E-state index in [2.05, 4.69) is 6.07 Å². The molecule has 1 aliphatic carbocycles. The van der Waals surface area contributed by atoms with Gasteiger partial charge in [0, 0.05) is 12.1 Å². The third-order valence-corrected chi connectivity index (χ3v) is 7.26. The van der Waals surface area contributed by atoms with Crippen LogP contribution < -0.4 is 15.4 Å². The number of anilines is 1. The molecule has 0 radical (unpaired) electrons. The third kappa shape index (κ3) is 5.01. The van der Waals surface area contributed by atoms with Crippen LogP contribution >= 0.6 is 0 Å². The summed E-state index contributed by atoms with van der Waals surface area (Å²) in [7, 11) is 2.26. The zero-order valence-electron chi connectivity index (χ0n) is 22.8. The highest BCUT2D eigenvalue weighted by atomic mass is 16.6. The van der Waals surface area contributed by atoms with E-state index in [4.69, 9.17) is 19.9 Å². The molecule has 0 saturated carbocycles. The van der Waals surface area contributed by atoms with Crippen LogP contribution in [0.2, 0.25) is 0 Å². The van der Waals surface area contributed by atoms with Gasteiger partial charge >= 0.3 is 11.9 Å². The van der Waals surface area contributed by atoms with E-state index >= 15 is 0 Å². The minimum absolute atomic E-state index is 0.000996. The highest BCUT2D eigenvalue weighted by Gasteiger charge is 2.43. The average Bonchev–Trinajstić information content (AvgIpc) is 3.47. The van der Waals surface area contributed by atoms with Gasteiger partial charge in [0.2, 0.25) is 0 Å². The number of nitrogens with zero attached hydrogens (tertiary/aromatic N) is 3. The van der Waals surface area contributed by atoms with Gasteiger partial charge in [0.1, 0.15) is 23.0 Å². The number of ether oxygens (including phenoxy) is 3. The monoisotopic (exact) mass is 566 g/mol. The van der Waals surface area contributed by atoms with E-state index in [0.717, 1.165) is 50.0 Å². The largest absolute Gasteiger partial charge is 0.466 e. The molecule has 0 bridgehead atoms. The Hall–Kier alpha value is -5.63. The number of hydrogen-bond donors (Lipinski definition) is 1. The van der Waals surface area contributed by atoms with E-state index in [1.807, 2.05) is 12.1 Å². The Morgan fingerprint density at radius 1 is 0.976 bits per heavy atom. The predicted octanol–water partition coefficient (Wildman–Crippen LogP) is 4.77. The number of hydrogen-bond acceptors (Lipinski definition) is 10. The Labute approximate surface area is 241 Å². The number of nitro groups is 1. The van der Waals surface area contributed by atoms with Crippen LogP contribution in [-0.2, 0) is 31.9 Å². The first-order valence-electron chi connectivity index (χ1n) is 13.0. The van der Waals surface area contributed by atoms with Gasteiger partial charge in [-0.05, 0) is 48.1 Å². The molecule has 1 atom stereocenters. The van der Waals surface area contributed by atoms with Gasteiger partial charge in [-0.25, -0.2) is 9.59 Å². The Morgan fingerprint density at radius 2 is 1.69 bits per heavy atom. The van der Waals surface area contributed by atoms with Gasteiger partial charge in [-0.3, -0.25) is 15.0 Å². The molecule has 0 aromatic heterocycles. The van der Waals surface area contributed by atoms with E-state index in [1.165, 1.54) is 17.7 Å². The molecule has 1 unspecified atom stereocenters. The number of nitro benzene ring substituents is 1. The fourth-order valence-corrected chi connectivity index (χ4v) is 5.39. The van der Waals surface area contributed by atoms with Gasteiger partial charge in [0.25, 0.3) is 5.69 Å². The van der Waals surface area contributed by atoms with E-state index in [-0.39, 0.29) is 39.8 Å². The number of fused-ring (bicyclic) bond motifs is 1. The molecule has 0 saturated heterocycles. The second-order valence-corrected chi connectivity index (χ2v) is 9.66. The first-order chi connectivity index (χ1) is 20.3. The number of non-ortho nitro benzene ring substituents is 1. The number of carbonyl (C=O) groups excluding carboxylic acids is 2. The normalized spacial score (nSPS) is 16.0. The number of aryl methyl sites for hydroxylation is 2. The van der Waals surface area contributed by atoms with Crippen LogP contribution in [0.5, 0.6) is 11.5 Å². The molecule has 0 amide bonds. The first-order valence-corrected chi connectivity index (χ1v) is 13.0. The molecule has 5 rings (SSSR count). The maximum absolute atomic E-state index is 13.3. The molecule has 3 aromatic rings. The molecule has 1 aliphatic heterocycles. The van der Waals surface area contributed by atoms with Crippen molar-refractivity contribution < 1.29 is 28.7 Å². The van der Waals surface area contributed by atoms with Crippen molar-refractivity contribution in [2.45, 2.75) is 25.2 Å². The van der Waals surface area contributed by atoms with Crippen molar-refractivity contribution in [3.63, 3.8) is 0 Å². The van der Waals surface area contributed by atoms with Crippen LogP contribution in [0.1, 0.15) is 29.0 Å². The number of nitriles is 1. The molecular weight excluding hydrogens is 540 g/mol. The lowest BCUT2D eigenvalue weighted by molar-refractivity contribution is -0.384. The smallest absolute Gasteiger partial charge is 0.355 e. The van der Waals surface area contributed by atoms with Gasteiger partial charge in [-0.15, -0.1) is 0 Å². The predicted molar refractivity (Wildman–Crippen MR) is 151 cm³/mol. The minimum atomic E-state index is -1.07. The Bertz CT molecular complexity index is 1710. The summed E-state index contributed by atoms with van der Waals surface area (Å²) in [6.07, 6.45) is 2.93. The van der Waals surface area contributed by atoms with Crippen LogP contribution in [0.4, 0.5) is 11.4 Å². The number of rotatable bonds is 7. The molecule has 42 heavy (non-hydrogen) atoms. The van der Waals surface area contributed by atoms with Crippen molar-refractivity contribution in [2.75, 3.05) is 19.1 Å². The zero-order valence-corrected chi connectivity index (χ0v) is 22.8. The molecule has 0 fully saturated rings. The van der Waals surface area contributed by atoms with E-state index in [9.17, 15) is 25.0 Å². The lowest BCUT2D eigenvalue weighted by atomic mass is 9.81. The minimum Gasteiger partial charge on any atom is -0.466 e. The summed E-state index contributed by atoms with van der Waals surface area (Å²) in [4.78, 5) is 39.1. The van der Waals surface area contributed by atoms with Crippen molar-refractivity contribution in [2.24, 2.45) is 5.73 Å². The van der Waals surface area contributed by atoms with Crippen molar-refractivity contribution >= 4 is 23.3 Å². The van der Waals surface area contributed by atoms with Gasteiger partial charge in [0.15, 0.2) is 0 Å². The van der Waals surface area contributed by atoms with Crippen LogP contribution in [0.25, 0.3) is 0 Å². The standard InChI is InChI=1S/C31H26N4O7/c1-40-30(36)27-26(19-7-4-3-5-8-19)25(17-32)29(33)34(28(27)31(37)41-2)21-14-22(35(38)39)16-24(15-21)42-23-12-11-18-9-6-10-20(18)13-23/h3-5,7-8,11-16,26H,6,9-10,33H2,1-2H3. The summed E-state index contributed by atoms with van der Waals surface area (Å²) in [5, 5.41) is 22.2. The van der Waals surface area contributed by atoms with Gasteiger partial charge in [-0.2, -0.15) is 5.26 Å². The quantitative estimate of drug-likeness (QED) is 0.240. The van der Waals surface area contributed by atoms with Crippen LogP contribution in [0.15, 0.2) is 89.4 Å². The fraction of sp³-hybridized carbons (Fsp3) is 0.194. The number of esters is 2. The summed E-state index contributed by atoms with van der Waals surface area (Å²) in [5.41, 5.74) is 8.42. The second kappa shape index (κ2) is 11.5. The zero-order chi connectivity index (χ0) is 30.0. The average molecular weight is 567 g/mol. The molecule has 1 heterocycles. The van der Waals surface area contributed by atoms with Crippen molar-refractivity contribution in [3.05, 3.63) is 116 Å². The van der Waals surface area contributed by atoms with E-state index in [0.29, 0.717) is 11.3 Å². The van der Waals surface area contributed by atoms with Crippen molar-refractivity contribution in [1.29, 1.82) is 5.26 Å². The van der Waals surface area contributed by atoms with E-state index < -0.39 is 22.8 Å². The third-order valence-electron chi connectivity index (χ3n) is 7.26. The van der Waals surface area contributed by atoms with Crippen LogP contribution in [0.3, 0.4) is 0 Å². The maximum atomic E-state index is 13.3. The highest BCUT2D eigenvalue weighted by Crippen LogP contribution is 2.44. The Kier molecular flexibility index (Phi) is 7.62. The molecule has 11 heteroatoms. The number of allylic oxidation sites excluding steroid dienone is 1. The number of carbonyl (C=O) groups is 2. The topological polar surface area (TPSA) is 158 Å². The summed E-state index contributed by atoms with van der Waals surface area (Å²) < 4.78 is 16.1. The molecular formula is C31H26N4O7. The second-order valence-electron chi connectivity index (χ2n) is 9.66. The van der Waals surface area contributed by atoms with Gasteiger partial charge in [-0.1, -0.05) is 36.4 Å². The fourth-order valence-electron chi connectivity index (χ4n) is 5.39. The molecule has 2 aliphatic rings. The number of methoxy groups -OCH3 is 2. The van der Waals surface area contributed by atoms with Crippen LogP contribution in [-0.4, -0.2) is 31.1 Å². The molecule has 2 N–H and O–H groups in total. The maximum Gasteiger partial charge on any atom is 0.355 e. The summed E-state index contributed by atoms with van der Waals surface area (Å²) in [6.45, 7) is 0. The highest BCUT2D eigenvalue weighted by molar-refractivity contribution is 6.06. The summed E-state index contributed by atoms with van der Waals surface area (Å²) in [6, 6.07) is 20.1. The number of nitrogens with two attached hydrogens (primary N) is 1. The Balaban J connectivity index is 1.73. The van der Waals surface area contributed by atoms with Crippen LogP contribution in [0, 0.1) is 21.4 Å². The lowest BCUT2D eigenvalue weighted by Gasteiger charge is -2.35. The van der Waals surface area contributed by atoms with E-state index in [1.54, 1.807) is 36.4 Å². The van der Waals surface area contributed by atoms with Gasteiger partial charge in [0.05, 0.1) is 54.0 Å². The molecule has 0 spiro atoms. The number of benzene rings is 3. The SMILES string of the molecule is COC(=O)C1=C(C(=O)OC)N(c2cc(Oc3ccc4c(c3)CCC4)cc([N+](=O)[O-])c2)C(N)=C(C#N)C1c1ccccc1. The summed E-state index contributed by atoms with van der Waals surface area (Å²) >= 11 is 0.